The molecule has 3 atom stereocenters. The summed E-state index contributed by atoms with van der Waals surface area (Å²) in [4.78, 5) is 7.44. The summed E-state index contributed by atoms with van der Waals surface area (Å²) in [5, 5.41) is 0. The standard InChI is InChI=1S/C27H26N2/c1-3-25-21-11-5-4-10-20(21)15-16-24-22-12-6-7-13-23(22)26-14-8-9-17-29(26)27(24)18-19(2)28-25/h3-14,17,24,26-27H,1-2,15-16,18H2. The van der Waals surface area contributed by atoms with Crippen LogP contribution >= 0.6 is 0 Å². The molecule has 2 aromatic carbocycles. The van der Waals surface area contributed by atoms with Crippen LogP contribution in [0.1, 0.15) is 47.1 Å². The molecule has 5 rings (SSSR count). The molecule has 3 aliphatic rings. The van der Waals surface area contributed by atoms with Gasteiger partial charge in [-0.05, 0) is 41.7 Å². The molecule has 0 saturated heterocycles. The fourth-order valence-electron chi connectivity index (χ4n) is 5.19. The van der Waals surface area contributed by atoms with E-state index in [1.54, 1.807) is 0 Å². The molecule has 2 nitrogen and oxygen atoms in total. The smallest absolute Gasteiger partial charge is 0.0730 e. The molecule has 0 N–H and O–H groups in total. The van der Waals surface area contributed by atoms with Crippen LogP contribution in [-0.2, 0) is 6.42 Å². The number of hydrogen-bond donors (Lipinski definition) is 0. The zero-order chi connectivity index (χ0) is 19.8. The van der Waals surface area contributed by atoms with E-state index in [4.69, 9.17) is 4.99 Å². The molecule has 2 aromatic rings. The number of aryl methyl sites for hydroxylation is 1. The number of benzene rings is 2. The second kappa shape index (κ2) is 7.36. The highest BCUT2D eigenvalue weighted by molar-refractivity contribution is 6.09. The molecule has 3 aliphatic heterocycles. The van der Waals surface area contributed by atoms with E-state index in [2.05, 4.69) is 91.0 Å². The zero-order valence-corrected chi connectivity index (χ0v) is 16.7. The Kier molecular flexibility index (Phi) is 4.55. The molecule has 3 heterocycles. The van der Waals surface area contributed by atoms with Crippen molar-refractivity contribution < 1.29 is 0 Å². The summed E-state index contributed by atoms with van der Waals surface area (Å²) in [7, 11) is 0. The Hall–Kier alpha value is -3.13. The van der Waals surface area contributed by atoms with Crippen molar-refractivity contribution in [3.63, 3.8) is 0 Å². The normalized spacial score (nSPS) is 25.2. The third-order valence-electron chi connectivity index (χ3n) is 6.48. The average Bonchev–Trinajstić information content (AvgIpc) is 2.77. The summed E-state index contributed by atoms with van der Waals surface area (Å²) in [6.45, 7) is 8.36. The number of nitrogens with zero attached hydrogens (tertiary/aromatic N) is 2. The van der Waals surface area contributed by atoms with E-state index in [-0.39, 0.29) is 0 Å². The van der Waals surface area contributed by atoms with E-state index < -0.39 is 0 Å². The van der Waals surface area contributed by atoms with E-state index in [0.717, 1.165) is 30.7 Å². The lowest BCUT2D eigenvalue weighted by atomic mass is 9.75. The lowest BCUT2D eigenvalue weighted by Crippen LogP contribution is -2.44. The topological polar surface area (TPSA) is 15.6 Å². The largest absolute Gasteiger partial charge is 0.363 e. The Bertz CT molecular complexity index is 1060. The first kappa shape index (κ1) is 17.9. The van der Waals surface area contributed by atoms with Gasteiger partial charge in [0.2, 0.25) is 0 Å². The van der Waals surface area contributed by atoms with Crippen molar-refractivity contribution in [3.8, 4) is 0 Å². The number of hydrogen-bond acceptors (Lipinski definition) is 2. The van der Waals surface area contributed by atoms with Crippen molar-refractivity contribution in [2.24, 2.45) is 4.99 Å². The number of fused-ring (bicyclic) bond motifs is 7. The predicted octanol–water partition coefficient (Wildman–Crippen LogP) is 6.10. The van der Waals surface area contributed by atoms with Crippen LogP contribution in [0.4, 0.5) is 0 Å². The van der Waals surface area contributed by atoms with Crippen molar-refractivity contribution >= 4 is 5.71 Å². The maximum atomic E-state index is 4.92. The lowest BCUT2D eigenvalue weighted by molar-refractivity contribution is 0.174. The summed E-state index contributed by atoms with van der Waals surface area (Å²) >= 11 is 0. The summed E-state index contributed by atoms with van der Waals surface area (Å²) in [6.07, 6.45) is 13.7. The molecule has 2 heteroatoms. The maximum Gasteiger partial charge on any atom is 0.0730 e. The predicted molar refractivity (Wildman–Crippen MR) is 121 cm³/mol. The van der Waals surface area contributed by atoms with Crippen molar-refractivity contribution in [1.29, 1.82) is 0 Å². The highest BCUT2D eigenvalue weighted by Gasteiger charge is 2.39. The molecule has 0 aromatic heterocycles. The second-order valence-electron chi connectivity index (χ2n) is 8.09. The summed E-state index contributed by atoms with van der Waals surface area (Å²) in [5.41, 5.74) is 7.30. The Morgan fingerprint density at radius 3 is 2.66 bits per heavy atom. The van der Waals surface area contributed by atoms with Gasteiger partial charge < -0.3 is 4.90 Å². The third-order valence-corrected chi connectivity index (χ3v) is 6.48. The number of aliphatic imine (C=N–C) groups is 1. The van der Waals surface area contributed by atoms with Crippen LogP contribution in [-0.4, -0.2) is 16.7 Å². The first-order valence-corrected chi connectivity index (χ1v) is 10.4. The van der Waals surface area contributed by atoms with Gasteiger partial charge in [0.1, 0.15) is 0 Å². The lowest BCUT2D eigenvalue weighted by Gasteiger charge is -2.47. The van der Waals surface area contributed by atoms with Crippen molar-refractivity contribution in [2.75, 3.05) is 0 Å². The molecular weight excluding hydrogens is 352 g/mol. The molecule has 29 heavy (non-hydrogen) atoms. The van der Waals surface area contributed by atoms with Gasteiger partial charge >= 0.3 is 0 Å². The molecular formula is C27H26N2. The summed E-state index contributed by atoms with van der Waals surface area (Å²) in [6, 6.07) is 18.2. The minimum atomic E-state index is 0.295. The quantitative estimate of drug-likeness (QED) is 0.585. The minimum Gasteiger partial charge on any atom is -0.363 e. The van der Waals surface area contributed by atoms with Gasteiger partial charge in [-0.3, -0.25) is 4.99 Å². The highest BCUT2D eigenvalue weighted by Crippen LogP contribution is 2.46. The molecule has 0 saturated carbocycles. The summed E-state index contributed by atoms with van der Waals surface area (Å²) in [5.74, 6) is 0.448. The van der Waals surface area contributed by atoms with Gasteiger partial charge in [-0.25, -0.2) is 0 Å². The second-order valence-corrected chi connectivity index (χ2v) is 8.09. The van der Waals surface area contributed by atoms with Gasteiger partial charge in [-0.15, -0.1) is 0 Å². The average molecular weight is 379 g/mol. The monoisotopic (exact) mass is 378 g/mol. The van der Waals surface area contributed by atoms with Gasteiger partial charge in [-0.2, -0.15) is 0 Å². The van der Waals surface area contributed by atoms with Gasteiger partial charge in [0.05, 0.1) is 11.8 Å². The van der Waals surface area contributed by atoms with Crippen molar-refractivity contribution in [1.82, 2.24) is 4.90 Å². The van der Waals surface area contributed by atoms with E-state index in [0.29, 0.717) is 18.0 Å². The minimum absolute atomic E-state index is 0.295. The van der Waals surface area contributed by atoms with Crippen LogP contribution in [0.3, 0.4) is 0 Å². The number of rotatable bonds is 1. The van der Waals surface area contributed by atoms with Crippen molar-refractivity contribution in [3.05, 3.63) is 120 Å². The van der Waals surface area contributed by atoms with Crippen LogP contribution < -0.4 is 0 Å². The Labute approximate surface area is 173 Å². The van der Waals surface area contributed by atoms with E-state index in [9.17, 15) is 0 Å². The molecule has 0 amide bonds. The Morgan fingerprint density at radius 1 is 1.00 bits per heavy atom. The Balaban J connectivity index is 1.64. The highest BCUT2D eigenvalue weighted by atomic mass is 15.2. The molecule has 0 fully saturated rings. The number of allylic oxidation sites excluding steroid dienone is 3. The van der Waals surface area contributed by atoms with E-state index in [1.165, 1.54) is 22.3 Å². The maximum absolute atomic E-state index is 4.92. The fourth-order valence-corrected chi connectivity index (χ4v) is 5.19. The van der Waals surface area contributed by atoms with Crippen LogP contribution in [0.2, 0.25) is 0 Å². The van der Waals surface area contributed by atoms with Crippen molar-refractivity contribution in [2.45, 2.75) is 37.3 Å². The fraction of sp³-hybridized carbons (Fsp3) is 0.222. The molecule has 3 unspecified atom stereocenters. The Morgan fingerprint density at radius 2 is 1.79 bits per heavy atom. The third kappa shape index (κ3) is 3.09. The van der Waals surface area contributed by atoms with Gasteiger partial charge in [0, 0.05) is 35.8 Å². The first-order valence-electron chi connectivity index (χ1n) is 10.4. The van der Waals surface area contributed by atoms with Crippen LogP contribution in [0.5, 0.6) is 0 Å². The van der Waals surface area contributed by atoms with Crippen LogP contribution in [0.15, 0.2) is 103 Å². The van der Waals surface area contributed by atoms with E-state index in [1.807, 2.05) is 6.08 Å². The van der Waals surface area contributed by atoms with Crippen LogP contribution in [0, 0.1) is 0 Å². The first-order chi connectivity index (χ1) is 14.3. The molecule has 0 aliphatic carbocycles. The zero-order valence-electron chi connectivity index (χ0n) is 16.7. The SMILES string of the molecule is C=CC1=NC(=C)CC2C(CCc3ccccc31)c1ccccc1C1C=CC=CN12. The summed E-state index contributed by atoms with van der Waals surface area (Å²) < 4.78 is 0. The molecule has 144 valence electrons. The van der Waals surface area contributed by atoms with Crippen LogP contribution in [0.25, 0.3) is 0 Å². The molecule has 0 bridgehead atoms. The molecule has 0 spiro atoms. The van der Waals surface area contributed by atoms with Gasteiger partial charge in [0.25, 0.3) is 0 Å². The van der Waals surface area contributed by atoms with Gasteiger partial charge in [-0.1, -0.05) is 73.8 Å². The van der Waals surface area contributed by atoms with E-state index >= 15 is 0 Å². The molecule has 0 radical (unpaired) electrons. The van der Waals surface area contributed by atoms with Gasteiger partial charge in [0.15, 0.2) is 0 Å².